The summed E-state index contributed by atoms with van der Waals surface area (Å²) in [4.78, 5) is 22.5. The number of hydrogen-bond acceptors (Lipinski definition) is 5. The van der Waals surface area contributed by atoms with Crippen LogP contribution in [0.2, 0.25) is 0 Å². The molecule has 6 heteroatoms. The molecule has 2 heterocycles. The zero-order valence-corrected chi connectivity index (χ0v) is 14.0. The Bertz CT molecular complexity index is 606. The molecule has 118 valence electrons. The zero-order chi connectivity index (χ0) is 15.9. The van der Waals surface area contributed by atoms with E-state index in [4.69, 9.17) is 4.74 Å². The van der Waals surface area contributed by atoms with Gasteiger partial charge in [-0.25, -0.2) is 4.98 Å². The number of carbonyl (C=O) groups excluding carboxylic acids is 1. The van der Waals surface area contributed by atoms with Gasteiger partial charge in [0.1, 0.15) is 17.4 Å². The van der Waals surface area contributed by atoms with Gasteiger partial charge in [0, 0.05) is 24.2 Å². The summed E-state index contributed by atoms with van der Waals surface area (Å²) in [5, 5.41) is 2.79. The van der Waals surface area contributed by atoms with Gasteiger partial charge in [0.05, 0.1) is 18.3 Å². The van der Waals surface area contributed by atoms with E-state index in [0.717, 1.165) is 35.2 Å². The number of likely N-dealkylation sites (N-methyl/N-ethyl adjacent to an activating group) is 1. The molecule has 0 saturated heterocycles. The smallest absolute Gasteiger partial charge is 0.228 e. The minimum atomic E-state index is 0.116. The van der Waals surface area contributed by atoms with Crippen molar-refractivity contribution in [2.75, 3.05) is 13.1 Å². The van der Waals surface area contributed by atoms with Gasteiger partial charge >= 0.3 is 0 Å². The molecular weight excluding hydrogens is 298 g/mol. The third-order valence-corrected chi connectivity index (χ3v) is 4.17. The molecule has 0 aliphatic rings. The Hall–Kier alpha value is -1.95. The van der Waals surface area contributed by atoms with Gasteiger partial charge in [0.2, 0.25) is 5.91 Å². The van der Waals surface area contributed by atoms with Crippen LogP contribution in [0.1, 0.15) is 30.2 Å². The maximum atomic E-state index is 12.0. The molecule has 0 aliphatic carbocycles. The summed E-state index contributed by atoms with van der Waals surface area (Å²) in [6.45, 7) is 7.76. The summed E-state index contributed by atoms with van der Waals surface area (Å²) in [6, 6.07) is 3.80. The molecule has 5 nitrogen and oxygen atoms in total. The predicted octanol–water partition coefficient (Wildman–Crippen LogP) is 2.84. The van der Waals surface area contributed by atoms with Crippen LogP contribution in [0.25, 0.3) is 0 Å². The molecule has 0 aromatic carbocycles. The first-order valence-corrected chi connectivity index (χ1v) is 8.26. The Labute approximate surface area is 135 Å². The number of ether oxygens (including phenoxy) is 1. The molecule has 2 rings (SSSR count). The second-order valence-corrected chi connectivity index (χ2v) is 5.84. The number of rotatable bonds is 7. The van der Waals surface area contributed by atoms with Crippen molar-refractivity contribution in [2.45, 2.75) is 33.8 Å². The van der Waals surface area contributed by atoms with Gasteiger partial charge in [-0.3, -0.25) is 9.78 Å². The summed E-state index contributed by atoms with van der Waals surface area (Å²) in [5.41, 5.74) is 1.77. The number of hydrogen-bond donors (Lipinski definition) is 0. The zero-order valence-electron chi connectivity index (χ0n) is 13.2. The summed E-state index contributed by atoms with van der Waals surface area (Å²) in [5.74, 6) is 0.840. The van der Waals surface area contributed by atoms with Crippen molar-refractivity contribution >= 4 is 17.2 Å². The van der Waals surface area contributed by atoms with E-state index in [9.17, 15) is 4.79 Å². The van der Waals surface area contributed by atoms with Crippen LogP contribution in [0.15, 0.2) is 23.7 Å². The second-order valence-electron chi connectivity index (χ2n) is 4.90. The number of aryl methyl sites for hydroxylation is 1. The summed E-state index contributed by atoms with van der Waals surface area (Å²) < 4.78 is 5.65. The molecule has 0 bridgehead atoms. The Kier molecular flexibility index (Phi) is 5.89. The Morgan fingerprint density at radius 2 is 2.09 bits per heavy atom. The molecule has 22 heavy (non-hydrogen) atoms. The summed E-state index contributed by atoms with van der Waals surface area (Å²) in [6.07, 6.45) is 2.05. The van der Waals surface area contributed by atoms with Crippen molar-refractivity contribution in [1.29, 1.82) is 0 Å². The van der Waals surface area contributed by atoms with Crippen LogP contribution in [-0.2, 0) is 17.8 Å². The first-order chi connectivity index (χ1) is 10.6. The molecule has 0 spiro atoms. The number of carbonyl (C=O) groups is 1. The van der Waals surface area contributed by atoms with E-state index in [1.807, 2.05) is 43.2 Å². The highest BCUT2D eigenvalue weighted by atomic mass is 32.1. The van der Waals surface area contributed by atoms with Crippen molar-refractivity contribution in [3.05, 3.63) is 40.1 Å². The highest BCUT2D eigenvalue weighted by Gasteiger charge is 2.12. The number of amides is 1. The molecule has 0 atom stereocenters. The molecule has 0 N–H and O–H groups in total. The highest BCUT2D eigenvalue weighted by Crippen LogP contribution is 2.15. The molecule has 2 aromatic heterocycles. The summed E-state index contributed by atoms with van der Waals surface area (Å²) in [7, 11) is 0. The number of aromatic nitrogens is 2. The molecule has 0 fully saturated rings. The van der Waals surface area contributed by atoms with E-state index in [1.54, 1.807) is 6.20 Å². The van der Waals surface area contributed by atoms with E-state index >= 15 is 0 Å². The average molecular weight is 319 g/mol. The second kappa shape index (κ2) is 7.89. The molecule has 2 aromatic rings. The lowest BCUT2D eigenvalue weighted by Gasteiger charge is -2.17. The van der Waals surface area contributed by atoms with Crippen LogP contribution in [0.3, 0.4) is 0 Å². The van der Waals surface area contributed by atoms with E-state index in [1.165, 1.54) is 11.3 Å². The van der Waals surface area contributed by atoms with Gasteiger partial charge < -0.3 is 9.64 Å². The SMILES string of the molecule is CCN(CC)C(=O)Cc1csc(COc2ccc(C)nc2)n1. The van der Waals surface area contributed by atoms with Crippen molar-refractivity contribution in [3.63, 3.8) is 0 Å². The fraction of sp³-hybridized carbons (Fsp3) is 0.438. The van der Waals surface area contributed by atoms with Crippen molar-refractivity contribution in [3.8, 4) is 5.75 Å². The van der Waals surface area contributed by atoms with Crippen molar-refractivity contribution in [1.82, 2.24) is 14.9 Å². The third-order valence-electron chi connectivity index (χ3n) is 3.29. The highest BCUT2D eigenvalue weighted by molar-refractivity contribution is 7.09. The topological polar surface area (TPSA) is 55.3 Å². The van der Waals surface area contributed by atoms with Crippen LogP contribution < -0.4 is 4.74 Å². The lowest BCUT2D eigenvalue weighted by molar-refractivity contribution is -0.130. The predicted molar refractivity (Wildman–Crippen MR) is 87.1 cm³/mol. The normalized spacial score (nSPS) is 10.5. The largest absolute Gasteiger partial charge is 0.485 e. The molecule has 1 amide bonds. The van der Waals surface area contributed by atoms with Crippen molar-refractivity contribution < 1.29 is 9.53 Å². The van der Waals surface area contributed by atoms with Gasteiger partial charge in [0.15, 0.2) is 0 Å². The van der Waals surface area contributed by atoms with Gasteiger partial charge in [-0.15, -0.1) is 11.3 Å². The minimum Gasteiger partial charge on any atom is -0.485 e. The monoisotopic (exact) mass is 319 g/mol. The Balaban J connectivity index is 1.88. The van der Waals surface area contributed by atoms with E-state index in [0.29, 0.717) is 13.0 Å². The molecular formula is C16H21N3O2S. The van der Waals surface area contributed by atoms with Crippen LogP contribution in [0, 0.1) is 6.92 Å². The van der Waals surface area contributed by atoms with Gasteiger partial charge in [-0.1, -0.05) is 0 Å². The number of pyridine rings is 1. The molecule has 0 unspecified atom stereocenters. The first kappa shape index (κ1) is 16.4. The average Bonchev–Trinajstić information content (AvgIpc) is 2.95. The van der Waals surface area contributed by atoms with Crippen LogP contribution in [-0.4, -0.2) is 33.9 Å². The fourth-order valence-electron chi connectivity index (χ4n) is 2.02. The van der Waals surface area contributed by atoms with E-state index < -0.39 is 0 Å². The number of thiazole rings is 1. The van der Waals surface area contributed by atoms with Crippen LogP contribution in [0.4, 0.5) is 0 Å². The van der Waals surface area contributed by atoms with Crippen LogP contribution >= 0.6 is 11.3 Å². The third kappa shape index (κ3) is 4.53. The summed E-state index contributed by atoms with van der Waals surface area (Å²) >= 11 is 1.51. The first-order valence-electron chi connectivity index (χ1n) is 7.38. The minimum absolute atomic E-state index is 0.116. The fourth-order valence-corrected chi connectivity index (χ4v) is 2.73. The van der Waals surface area contributed by atoms with Gasteiger partial charge in [-0.05, 0) is 32.9 Å². The Morgan fingerprint density at radius 3 is 2.73 bits per heavy atom. The maximum Gasteiger partial charge on any atom is 0.228 e. The number of nitrogens with zero attached hydrogens (tertiary/aromatic N) is 3. The Morgan fingerprint density at radius 1 is 1.32 bits per heavy atom. The van der Waals surface area contributed by atoms with Crippen LogP contribution in [0.5, 0.6) is 5.75 Å². The van der Waals surface area contributed by atoms with E-state index in [-0.39, 0.29) is 5.91 Å². The molecule has 0 radical (unpaired) electrons. The molecule has 0 aliphatic heterocycles. The quantitative estimate of drug-likeness (QED) is 0.787. The van der Waals surface area contributed by atoms with Crippen molar-refractivity contribution in [2.24, 2.45) is 0 Å². The standard InChI is InChI=1S/C16H21N3O2S/c1-4-19(5-2)16(20)8-13-11-22-15(18-13)10-21-14-7-6-12(3)17-9-14/h6-7,9,11H,4-5,8,10H2,1-3H3. The van der Waals surface area contributed by atoms with E-state index in [2.05, 4.69) is 9.97 Å². The van der Waals surface area contributed by atoms with Gasteiger partial charge in [-0.2, -0.15) is 0 Å². The lowest BCUT2D eigenvalue weighted by Crippen LogP contribution is -2.31. The molecule has 0 saturated carbocycles. The maximum absolute atomic E-state index is 12.0. The van der Waals surface area contributed by atoms with Gasteiger partial charge in [0.25, 0.3) is 0 Å². The lowest BCUT2D eigenvalue weighted by atomic mass is 10.3.